The molecule has 1 atom stereocenters. The predicted octanol–water partition coefficient (Wildman–Crippen LogP) is 0.704. The van der Waals surface area contributed by atoms with E-state index in [1.165, 1.54) is 11.1 Å². The topological polar surface area (TPSA) is 64.7 Å². The largest absolute Gasteiger partial charge is 0.448 e. The zero-order chi connectivity index (χ0) is 11.3. The molecule has 0 saturated carbocycles. The van der Waals surface area contributed by atoms with Gasteiger partial charge in [0.25, 0.3) is 11.9 Å². The summed E-state index contributed by atoms with van der Waals surface area (Å²) in [5, 5.41) is 0. The zero-order valence-corrected chi connectivity index (χ0v) is 8.99. The second-order valence-electron chi connectivity index (χ2n) is 4.48. The average molecular weight is 216 g/mol. The van der Waals surface area contributed by atoms with E-state index in [4.69, 9.17) is 10.5 Å². The fraction of sp³-hybridized carbons (Fsp3) is 0.333. The number of hydrogen-bond donors (Lipinski definition) is 1. The van der Waals surface area contributed by atoms with Crippen LogP contribution < -0.4 is 5.73 Å². The first-order chi connectivity index (χ1) is 7.59. The molecule has 0 aromatic heterocycles. The third kappa shape index (κ3) is 1.16. The molecule has 2 aliphatic rings. The van der Waals surface area contributed by atoms with Crippen molar-refractivity contribution >= 4 is 11.9 Å². The second-order valence-corrected chi connectivity index (χ2v) is 4.48. The van der Waals surface area contributed by atoms with E-state index in [-0.39, 0.29) is 11.9 Å². The van der Waals surface area contributed by atoms with Gasteiger partial charge in [-0.1, -0.05) is 23.8 Å². The van der Waals surface area contributed by atoms with Crippen LogP contribution in [-0.2, 0) is 22.4 Å². The molecular weight excluding hydrogens is 204 g/mol. The molecule has 3 rings (SSSR count). The van der Waals surface area contributed by atoms with Crippen LogP contribution in [0.2, 0.25) is 0 Å². The number of hydrogen-bond acceptors (Lipinski definition) is 3. The maximum atomic E-state index is 11.8. The Balaban J connectivity index is 2.00. The molecule has 16 heavy (non-hydrogen) atoms. The van der Waals surface area contributed by atoms with Gasteiger partial charge in [-0.05, 0) is 18.1 Å². The van der Waals surface area contributed by atoms with E-state index in [2.05, 4.69) is 11.1 Å². The summed E-state index contributed by atoms with van der Waals surface area (Å²) in [6, 6.07) is 6.18. The van der Waals surface area contributed by atoms with Crippen LogP contribution in [0.1, 0.15) is 16.7 Å². The molecular formula is C12H12N2O2. The van der Waals surface area contributed by atoms with E-state index in [0.717, 1.165) is 5.56 Å². The van der Waals surface area contributed by atoms with Crippen molar-refractivity contribution in [3.8, 4) is 0 Å². The molecule has 1 spiro atoms. The molecule has 1 aliphatic heterocycles. The van der Waals surface area contributed by atoms with Gasteiger partial charge in [0.05, 0.1) is 0 Å². The highest BCUT2D eigenvalue weighted by molar-refractivity contribution is 6.01. The van der Waals surface area contributed by atoms with Gasteiger partial charge in [-0.2, -0.15) is 4.99 Å². The van der Waals surface area contributed by atoms with Crippen molar-refractivity contribution in [2.24, 2.45) is 10.7 Å². The highest BCUT2D eigenvalue weighted by atomic mass is 16.5. The van der Waals surface area contributed by atoms with Gasteiger partial charge in [0, 0.05) is 12.8 Å². The normalized spacial score (nSPS) is 26.8. The number of rotatable bonds is 0. The minimum absolute atomic E-state index is 0.00507. The Kier molecular flexibility index (Phi) is 1.67. The molecule has 0 radical (unpaired) electrons. The Labute approximate surface area is 93.1 Å². The number of nitrogens with zero attached hydrogens (tertiary/aromatic N) is 1. The quantitative estimate of drug-likeness (QED) is 0.694. The summed E-state index contributed by atoms with van der Waals surface area (Å²) in [5.41, 5.74) is 8.12. The van der Waals surface area contributed by atoms with Crippen LogP contribution in [0.15, 0.2) is 23.2 Å². The lowest BCUT2D eigenvalue weighted by Gasteiger charge is -2.18. The van der Waals surface area contributed by atoms with Crippen LogP contribution in [0, 0.1) is 6.92 Å². The molecule has 0 unspecified atom stereocenters. The lowest BCUT2D eigenvalue weighted by molar-refractivity contribution is -0.130. The number of benzene rings is 1. The summed E-state index contributed by atoms with van der Waals surface area (Å²) in [5.74, 6) is -0.251. The molecule has 0 fully saturated rings. The highest BCUT2D eigenvalue weighted by Gasteiger charge is 2.50. The van der Waals surface area contributed by atoms with E-state index < -0.39 is 5.60 Å². The fourth-order valence-corrected chi connectivity index (χ4v) is 2.46. The molecule has 2 N–H and O–H groups in total. The number of fused-ring (bicyclic) bond motifs is 1. The number of ether oxygens (including phenoxy) is 1. The SMILES string of the molecule is Cc1ccc2c(c1)C[C@]1(C2)OC(N)=NC1=O. The molecule has 82 valence electrons. The van der Waals surface area contributed by atoms with Gasteiger partial charge < -0.3 is 10.5 Å². The van der Waals surface area contributed by atoms with Gasteiger partial charge in [-0.15, -0.1) is 0 Å². The van der Waals surface area contributed by atoms with Gasteiger partial charge >= 0.3 is 0 Å². The van der Waals surface area contributed by atoms with E-state index in [1.54, 1.807) is 0 Å². The molecule has 0 saturated heterocycles. The van der Waals surface area contributed by atoms with Crippen molar-refractivity contribution in [2.45, 2.75) is 25.4 Å². The molecule has 4 heteroatoms. The number of carbonyl (C=O) groups excluding carboxylic acids is 1. The molecule has 4 nitrogen and oxygen atoms in total. The summed E-state index contributed by atoms with van der Waals surface area (Å²) >= 11 is 0. The molecule has 1 aliphatic carbocycles. The fourth-order valence-electron chi connectivity index (χ4n) is 2.46. The first kappa shape index (κ1) is 9.39. The lowest BCUT2D eigenvalue weighted by atomic mass is 10.00. The first-order valence-corrected chi connectivity index (χ1v) is 5.25. The molecule has 1 amide bonds. The maximum Gasteiger partial charge on any atom is 0.295 e. The Morgan fingerprint density at radius 2 is 2.12 bits per heavy atom. The van der Waals surface area contributed by atoms with Crippen molar-refractivity contribution in [3.63, 3.8) is 0 Å². The van der Waals surface area contributed by atoms with E-state index in [0.29, 0.717) is 12.8 Å². The minimum atomic E-state index is -0.847. The third-order valence-electron chi connectivity index (χ3n) is 3.22. The molecule has 1 aromatic carbocycles. The Morgan fingerprint density at radius 1 is 1.38 bits per heavy atom. The van der Waals surface area contributed by atoms with Gasteiger partial charge in [0.2, 0.25) is 5.60 Å². The van der Waals surface area contributed by atoms with Crippen LogP contribution >= 0.6 is 0 Å². The van der Waals surface area contributed by atoms with Crippen LogP contribution in [0.5, 0.6) is 0 Å². The number of aliphatic imine (C=N–C) groups is 1. The molecule has 0 bridgehead atoms. The van der Waals surface area contributed by atoms with Crippen molar-refractivity contribution in [2.75, 3.05) is 0 Å². The van der Waals surface area contributed by atoms with Crippen LogP contribution in [0.3, 0.4) is 0 Å². The molecule has 1 aromatic rings. The van der Waals surface area contributed by atoms with Crippen LogP contribution in [-0.4, -0.2) is 17.5 Å². The van der Waals surface area contributed by atoms with Crippen molar-refractivity contribution in [1.29, 1.82) is 0 Å². The lowest BCUT2D eigenvalue weighted by Crippen LogP contribution is -2.39. The Bertz CT molecular complexity index is 522. The number of amidine groups is 1. The van der Waals surface area contributed by atoms with Gasteiger partial charge in [-0.25, -0.2) is 0 Å². The number of aryl methyl sites for hydroxylation is 1. The summed E-state index contributed by atoms with van der Waals surface area (Å²) in [6.07, 6.45) is 1.15. The third-order valence-corrected chi connectivity index (χ3v) is 3.22. The van der Waals surface area contributed by atoms with Crippen molar-refractivity contribution in [1.82, 2.24) is 0 Å². The standard InChI is InChI=1S/C12H12N2O2/c1-7-2-3-8-5-12(6-9(8)4-7)10(15)14-11(13)16-12/h2-4H,5-6H2,1H3,(H2,13,14,15)/t12-/m0/s1. The summed E-state index contributed by atoms with van der Waals surface area (Å²) in [7, 11) is 0. The smallest absolute Gasteiger partial charge is 0.295 e. The zero-order valence-electron chi connectivity index (χ0n) is 8.99. The molecule has 1 heterocycles. The van der Waals surface area contributed by atoms with Crippen molar-refractivity contribution in [3.05, 3.63) is 34.9 Å². The number of carbonyl (C=O) groups is 1. The average Bonchev–Trinajstić information content (AvgIpc) is 2.67. The van der Waals surface area contributed by atoms with Gasteiger partial charge in [0.15, 0.2) is 0 Å². The monoisotopic (exact) mass is 216 g/mol. The Hall–Kier alpha value is -1.84. The second kappa shape index (κ2) is 2.84. The van der Waals surface area contributed by atoms with E-state index >= 15 is 0 Å². The first-order valence-electron chi connectivity index (χ1n) is 5.25. The minimum Gasteiger partial charge on any atom is -0.448 e. The van der Waals surface area contributed by atoms with Gasteiger partial charge in [-0.3, -0.25) is 4.79 Å². The Morgan fingerprint density at radius 3 is 2.81 bits per heavy atom. The van der Waals surface area contributed by atoms with Gasteiger partial charge in [0.1, 0.15) is 0 Å². The summed E-state index contributed by atoms with van der Waals surface area (Å²) in [6.45, 7) is 2.04. The summed E-state index contributed by atoms with van der Waals surface area (Å²) < 4.78 is 5.42. The highest BCUT2D eigenvalue weighted by Crippen LogP contribution is 2.36. The predicted molar refractivity (Wildman–Crippen MR) is 59.0 cm³/mol. The number of amides is 1. The summed E-state index contributed by atoms with van der Waals surface area (Å²) in [4.78, 5) is 15.4. The van der Waals surface area contributed by atoms with Crippen LogP contribution in [0.25, 0.3) is 0 Å². The van der Waals surface area contributed by atoms with E-state index in [1.807, 2.05) is 19.1 Å². The maximum absolute atomic E-state index is 11.8. The van der Waals surface area contributed by atoms with E-state index in [9.17, 15) is 4.79 Å². The number of nitrogens with two attached hydrogens (primary N) is 1. The van der Waals surface area contributed by atoms with Crippen LogP contribution in [0.4, 0.5) is 0 Å². The van der Waals surface area contributed by atoms with Crippen molar-refractivity contribution < 1.29 is 9.53 Å².